The van der Waals surface area contributed by atoms with Gasteiger partial charge in [0.15, 0.2) is 0 Å². The van der Waals surface area contributed by atoms with E-state index in [4.69, 9.17) is 0 Å². The molecule has 0 aliphatic carbocycles. The van der Waals surface area contributed by atoms with Crippen LogP contribution in [0.5, 0.6) is 0 Å². The molecular weight excluding hydrogens is 457 g/mol. The van der Waals surface area contributed by atoms with E-state index in [1.807, 2.05) is 68.0 Å². The highest BCUT2D eigenvalue weighted by Crippen LogP contribution is 2.46. The molecule has 0 amide bonds. The molecule has 0 spiro atoms. The van der Waals surface area contributed by atoms with Crippen molar-refractivity contribution in [1.29, 1.82) is 0 Å². The van der Waals surface area contributed by atoms with Crippen LogP contribution < -0.4 is 0 Å². The van der Waals surface area contributed by atoms with Gasteiger partial charge in [-0.25, -0.2) is 0 Å². The van der Waals surface area contributed by atoms with Gasteiger partial charge in [-0.05, 0) is 62.4 Å². The molecular formula is C22H14S6. The highest BCUT2D eigenvalue weighted by Gasteiger charge is 2.13. The summed E-state index contributed by atoms with van der Waals surface area (Å²) >= 11 is 11.4. The van der Waals surface area contributed by atoms with E-state index in [0.717, 1.165) is 0 Å². The first-order valence-corrected chi connectivity index (χ1v) is 13.7. The zero-order valence-corrected chi connectivity index (χ0v) is 20.0. The molecule has 0 aliphatic heterocycles. The van der Waals surface area contributed by atoms with Crippen molar-refractivity contribution in [1.82, 2.24) is 0 Å². The second-order valence-electron chi connectivity index (χ2n) is 6.72. The van der Waals surface area contributed by atoms with E-state index in [9.17, 15) is 0 Å². The normalized spacial score (nSPS) is 11.9. The molecule has 0 saturated carbocycles. The Bertz CT molecular complexity index is 1270. The van der Waals surface area contributed by atoms with Crippen LogP contribution in [-0.2, 0) is 0 Å². The van der Waals surface area contributed by atoms with Crippen molar-refractivity contribution in [2.75, 3.05) is 0 Å². The Balaban J connectivity index is 1.32. The Morgan fingerprint density at radius 2 is 0.750 bits per heavy atom. The van der Waals surface area contributed by atoms with Crippen LogP contribution in [0.2, 0.25) is 0 Å². The van der Waals surface area contributed by atoms with Crippen molar-refractivity contribution in [3.8, 4) is 29.3 Å². The van der Waals surface area contributed by atoms with Gasteiger partial charge in [-0.2, -0.15) is 0 Å². The van der Waals surface area contributed by atoms with Gasteiger partial charge in [0.1, 0.15) is 0 Å². The monoisotopic (exact) mass is 470 g/mol. The number of rotatable bonds is 3. The minimum atomic E-state index is 1.37. The van der Waals surface area contributed by atoms with Gasteiger partial charge < -0.3 is 0 Å². The third-order valence-corrected chi connectivity index (χ3v) is 11.8. The number of fused-ring (bicyclic) bond motifs is 2. The predicted molar refractivity (Wildman–Crippen MR) is 134 cm³/mol. The Morgan fingerprint density at radius 3 is 1.14 bits per heavy atom. The third kappa shape index (κ3) is 2.95. The molecule has 138 valence electrons. The topological polar surface area (TPSA) is 0 Å². The first-order chi connectivity index (χ1) is 13.6. The molecule has 0 N–H and O–H groups in total. The van der Waals surface area contributed by atoms with Gasteiger partial charge in [0, 0.05) is 57.8 Å². The summed E-state index contributed by atoms with van der Waals surface area (Å²) in [6, 6.07) is 18.5. The molecule has 0 nitrogen and oxygen atoms in total. The Hall–Kier alpha value is -1.28. The molecule has 0 aromatic carbocycles. The van der Waals surface area contributed by atoms with Crippen LogP contribution in [0.1, 0.15) is 9.75 Å². The maximum atomic E-state index is 2.35. The van der Waals surface area contributed by atoms with Crippen LogP contribution in [0.15, 0.2) is 48.5 Å². The molecule has 6 rings (SSSR count). The molecule has 0 bridgehead atoms. The van der Waals surface area contributed by atoms with E-state index < -0.39 is 0 Å². The highest BCUT2D eigenvalue weighted by atomic mass is 32.1. The molecule has 0 atom stereocenters. The third-order valence-electron chi connectivity index (χ3n) is 4.60. The number of thiophene rings is 6. The van der Waals surface area contributed by atoms with Gasteiger partial charge in [0.25, 0.3) is 0 Å². The summed E-state index contributed by atoms with van der Waals surface area (Å²) < 4.78 is 5.66. The standard InChI is InChI=1S/C22H14S6/c1-11-7-17-21(23-11)9-19(27-17)15-5-3-13(25-15)14-4-6-16(26-14)20-10-22-18(28-20)8-12(2)24-22/h3-10H,1-2H3. The van der Waals surface area contributed by atoms with E-state index in [-0.39, 0.29) is 0 Å². The Labute approximate surface area is 187 Å². The van der Waals surface area contributed by atoms with Gasteiger partial charge >= 0.3 is 0 Å². The van der Waals surface area contributed by atoms with E-state index in [2.05, 4.69) is 62.4 Å². The lowest BCUT2D eigenvalue weighted by Gasteiger charge is -1.92. The maximum Gasteiger partial charge on any atom is 0.0463 e. The fraction of sp³-hybridized carbons (Fsp3) is 0.0909. The SMILES string of the molecule is Cc1cc2sc(-c3ccc(-c4ccc(-c5cc6sc(C)cc6s5)s4)s3)cc2s1. The van der Waals surface area contributed by atoms with E-state index in [0.29, 0.717) is 0 Å². The van der Waals surface area contributed by atoms with E-state index in [1.54, 1.807) is 0 Å². The number of aryl methyl sites for hydroxylation is 2. The zero-order chi connectivity index (χ0) is 18.8. The summed E-state index contributed by atoms with van der Waals surface area (Å²) in [5.74, 6) is 0. The van der Waals surface area contributed by atoms with Crippen LogP contribution in [0.3, 0.4) is 0 Å². The number of hydrogen-bond donors (Lipinski definition) is 0. The molecule has 6 aromatic heterocycles. The highest BCUT2D eigenvalue weighted by molar-refractivity contribution is 7.33. The summed E-state index contributed by atoms with van der Waals surface area (Å²) in [6.07, 6.45) is 0. The molecule has 6 aromatic rings. The lowest BCUT2D eigenvalue weighted by Crippen LogP contribution is -1.59. The van der Waals surface area contributed by atoms with Crippen molar-refractivity contribution >= 4 is 86.8 Å². The minimum absolute atomic E-state index is 1.37. The van der Waals surface area contributed by atoms with Crippen LogP contribution in [0.4, 0.5) is 0 Å². The average molecular weight is 471 g/mol. The maximum absolute atomic E-state index is 2.35. The first kappa shape index (κ1) is 17.6. The Kier molecular flexibility index (Phi) is 4.15. The van der Waals surface area contributed by atoms with E-state index in [1.165, 1.54) is 57.8 Å². The summed E-state index contributed by atoms with van der Waals surface area (Å²) in [4.78, 5) is 11.1. The van der Waals surface area contributed by atoms with Crippen LogP contribution in [0, 0.1) is 13.8 Å². The first-order valence-electron chi connectivity index (χ1n) is 8.83. The molecule has 0 fully saturated rings. The fourth-order valence-corrected chi connectivity index (χ4v) is 10.3. The molecule has 0 saturated heterocycles. The van der Waals surface area contributed by atoms with Gasteiger partial charge in [0.05, 0.1) is 0 Å². The van der Waals surface area contributed by atoms with Gasteiger partial charge in [-0.1, -0.05) is 0 Å². The Morgan fingerprint density at radius 1 is 0.393 bits per heavy atom. The van der Waals surface area contributed by atoms with Crippen LogP contribution >= 0.6 is 68.0 Å². The summed E-state index contributed by atoms with van der Waals surface area (Å²) in [6.45, 7) is 4.38. The fourth-order valence-electron chi connectivity index (χ4n) is 3.36. The lowest BCUT2D eigenvalue weighted by atomic mass is 10.3. The van der Waals surface area contributed by atoms with Gasteiger partial charge in [0.2, 0.25) is 0 Å². The molecule has 28 heavy (non-hydrogen) atoms. The van der Waals surface area contributed by atoms with Crippen molar-refractivity contribution in [2.45, 2.75) is 13.8 Å². The largest absolute Gasteiger partial charge is 0.140 e. The van der Waals surface area contributed by atoms with Gasteiger partial charge in [-0.15, -0.1) is 68.0 Å². The van der Waals surface area contributed by atoms with Crippen molar-refractivity contribution in [2.24, 2.45) is 0 Å². The average Bonchev–Trinajstić information content (AvgIpc) is 3.42. The quantitative estimate of drug-likeness (QED) is 0.241. The van der Waals surface area contributed by atoms with Gasteiger partial charge in [-0.3, -0.25) is 0 Å². The smallest absolute Gasteiger partial charge is 0.0463 e. The van der Waals surface area contributed by atoms with Crippen molar-refractivity contribution < 1.29 is 0 Å². The minimum Gasteiger partial charge on any atom is -0.140 e. The molecule has 0 aliphatic rings. The molecule has 6 heterocycles. The molecule has 0 unspecified atom stereocenters. The molecule has 0 radical (unpaired) electrons. The predicted octanol–water partition coefficient (Wildman–Crippen LogP) is 9.98. The summed E-state index contributed by atoms with van der Waals surface area (Å²) in [7, 11) is 0. The molecule has 6 heteroatoms. The number of hydrogen-bond acceptors (Lipinski definition) is 6. The van der Waals surface area contributed by atoms with E-state index >= 15 is 0 Å². The lowest BCUT2D eigenvalue weighted by molar-refractivity contribution is 1.66. The van der Waals surface area contributed by atoms with Crippen molar-refractivity contribution in [3.63, 3.8) is 0 Å². The van der Waals surface area contributed by atoms with Crippen molar-refractivity contribution in [3.05, 3.63) is 58.3 Å². The summed E-state index contributed by atoms with van der Waals surface area (Å²) in [5, 5.41) is 0. The second-order valence-corrected chi connectivity index (χ2v) is 13.6. The second kappa shape index (κ2) is 6.62. The van der Waals surface area contributed by atoms with Crippen LogP contribution in [0.25, 0.3) is 48.1 Å². The summed E-state index contributed by atoms with van der Waals surface area (Å²) in [5.41, 5.74) is 0. The van der Waals surface area contributed by atoms with Crippen LogP contribution in [-0.4, -0.2) is 0 Å². The zero-order valence-electron chi connectivity index (χ0n) is 15.1.